The molecule has 0 radical (unpaired) electrons. The predicted molar refractivity (Wildman–Crippen MR) is 115 cm³/mol. The minimum Gasteiger partial charge on any atom is -0.457 e. The van der Waals surface area contributed by atoms with Crippen LogP contribution >= 0.6 is 0 Å². The number of nitrogens with one attached hydrogen (secondary N) is 1. The maximum atomic E-state index is 13.3. The third-order valence-corrected chi connectivity index (χ3v) is 6.72. The Labute approximate surface area is 190 Å². The van der Waals surface area contributed by atoms with Gasteiger partial charge in [-0.1, -0.05) is 37.3 Å². The molecule has 3 aliphatic rings. The Kier molecular flexibility index (Phi) is 5.25. The maximum absolute atomic E-state index is 13.3. The molecule has 0 aliphatic carbocycles. The normalized spacial score (nSPS) is 23.5. The topological polar surface area (TPSA) is 105 Å². The smallest absolute Gasteiger partial charge is 0.409 e. The number of alkyl carbamates (subject to hydrolysis) is 1. The molecule has 1 aromatic heterocycles. The highest BCUT2D eigenvalue weighted by Crippen LogP contribution is 2.44. The number of benzene rings is 1. The average molecular weight is 454 g/mol. The molecule has 3 aliphatic heterocycles. The molecular formula is C24H26N2O7. The van der Waals surface area contributed by atoms with E-state index < -0.39 is 23.5 Å². The van der Waals surface area contributed by atoms with E-state index in [1.165, 1.54) is 0 Å². The minimum absolute atomic E-state index is 0.101. The van der Waals surface area contributed by atoms with Crippen molar-refractivity contribution in [3.8, 4) is 0 Å². The molecule has 1 spiro atoms. The van der Waals surface area contributed by atoms with Crippen molar-refractivity contribution in [1.29, 1.82) is 0 Å². The van der Waals surface area contributed by atoms with Crippen LogP contribution in [0.5, 0.6) is 0 Å². The zero-order chi connectivity index (χ0) is 23.2. The summed E-state index contributed by atoms with van der Waals surface area (Å²) in [6.45, 7) is 4.64. The molecule has 0 bridgehead atoms. The lowest BCUT2D eigenvalue weighted by atomic mass is 9.85. The highest BCUT2D eigenvalue weighted by molar-refractivity contribution is 5.86. The van der Waals surface area contributed by atoms with Gasteiger partial charge < -0.3 is 28.8 Å². The first-order valence-electron chi connectivity index (χ1n) is 11.2. The summed E-state index contributed by atoms with van der Waals surface area (Å²) >= 11 is 0. The second-order valence-electron chi connectivity index (χ2n) is 8.50. The molecule has 174 valence electrons. The van der Waals surface area contributed by atoms with Gasteiger partial charge in [-0.2, -0.15) is 0 Å². The van der Waals surface area contributed by atoms with Gasteiger partial charge in [0.05, 0.1) is 30.5 Å². The Bertz CT molecular complexity index is 1150. The number of ether oxygens (including phenoxy) is 4. The van der Waals surface area contributed by atoms with Gasteiger partial charge in [0, 0.05) is 18.5 Å². The first kappa shape index (κ1) is 21.7. The lowest BCUT2D eigenvalue weighted by molar-refractivity contribution is -0.173. The number of esters is 1. The number of aromatic nitrogens is 1. The molecule has 33 heavy (non-hydrogen) atoms. The van der Waals surface area contributed by atoms with Gasteiger partial charge in [0.15, 0.2) is 0 Å². The van der Waals surface area contributed by atoms with Gasteiger partial charge in [-0.15, -0.1) is 0 Å². The largest absolute Gasteiger partial charge is 0.457 e. The summed E-state index contributed by atoms with van der Waals surface area (Å²) in [5.74, 6) is -1.72. The number of pyridine rings is 1. The van der Waals surface area contributed by atoms with Gasteiger partial charge in [-0.25, -0.2) is 9.59 Å². The number of rotatable bonds is 4. The number of carbonyl (C=O) groups is 2. The van der Waals surface area contributed by atoms with E-state index >= 15 is 0 Å². The molecule has 1 N–H and O–H groups in total. The highest BCUT2D eigenvalue weighted by atomic mass is 16.7. The molecule has 2 aromatic rings. The second-order valence-corrected chi connectivity index (χ2v) is 8.50. The zero-order valence-corrected chi connectivity index (χ0v) is 18.6. The molecule has 1 amide bonds. The third kappa shape index (κ3) is 3.34. The van der Waals surface area contributed by atoms with Crippen LogP contribution in [-0.4, -0.2) is 29.8 Å². The summed E-state index contributed by atoms with van der Waals surface area (Å²) in [5.41, 5.74) is 0.0358. The van der Waals surface area contributed by atoms with Crippen LogP contribution in [0.1, 0.15) is 55.1 Å². The molecule has 9 nitrogen and oxygen atoms in total. The molecule has 5 rings (SSSR count). The Morgan fingerprint density at radius 2 is 1.94 bits per heavy atom. The van der Waals surface area contributed by atoms with E-state index in [0.29, 0.717) is 43.0 Å². The van der Waals surface area contributed by atoms with E-state index in [2.05, 4.69) is 5.32 Å². The van der Waals surface area contributed by atoms with Crippen molar-refractivity contribution in [2.45, 2.75) is 57.3 Å². The molecule has 1 fully saturated rings. The van der Waals surface area contributed by atoms with E-state index in [4.69, 9.17) is 18.9 Å². The molecular weight excluding hydrogens is 428 g/mol. The lowest BCUT2D eigenvalue weighted by Crippen LogP contribution is -2.49. The van der Waals surface area contributed by atoms with Crippen LogP contribution in [0.25, 0.3) is 0 Å². The monoisotopic (exact) mass is 454 g/mol. The predicted octanol–water partition coefficient (Wildman–Crippen LogP) is 2.60. The van der Waals surface area contributed by atoms with Gasteiger partial charge in [0.1, 0.15) is 6.61 Å². The fraction of sp³-hybridized carbons (Fsp3) is 0.458. The van der Waals surface area contributed by atoms with Crippen molar-refractivity contribution in [2.24, 2.45) is 0 Å². The van der Waals surface area contributed by atoms with Gasteiger partial charge in [0.2, 0.25) is 11.4 Å². The Morgan fingerprint density at radius 3 is 2.64 bits per heavy atom. The SMILES string of the molecule is CC[C@]1(OC(=O)N[C@H](C)c2ccccc2)C(=O)OCc2c1cc1n(c2=O)CCC12OCCO2. The summed E-state index contributed by atoms with van der Waals surface area (Å²) in [5, 5.41) is 2.77. The number of fused-ring (bicyclic) bond motifs is 3. The maximum Gasteiger partial charge on any atom is 0.409 e. The van der Waals surface area contributed by atoms with Gasteiger partial charge in [0.25, 0.3) is 5.56 Å². The van der Waals surface area contributed by atoms with Crippen molar-refractivity contribution < 1.29 is 28.5 Å². The van der Waals surface area contributed by atoms with E-state index in [9.17, 15) is 14.4 Å². The average Bonchev–Trinajstić information content (AvgIpc) is 3.44. The number of carbonyl (C=O) groups excluding carboxylic acids is 2. The van der Waals surface area contributed by atoms with Crippen molar-refractivity contribution in [3.63, 3.8) is 0 Å². The highest BCUT2D eigenvalue weighted by Gasteiger charge is 2.53. The molecule has 1 aromatic carbocycles. The number of cyclic esters (lactones) is 1. The van der Waals surface area contributed by atoms with Crippen LogP contribution in [0.2, 0.25) is 0 Å². The third-order valence-electron chi connectivity index (χ3n) is 6.72. The Hall–Kier alpha value is -3.17. The molecule has 2 atom stereocenters. The molecule has 0 unspecified atom stereocenters. The zero-order valence-electron chi connectivity index (χ0n) is 18.6. The summed E-state index contributed by atoms with van der Waals surface area (Å²) in [6, 6.07) is 10.8. The number of hydrogen-bond donors (Lipinski definition) is 1. The van der Waals surface area contributed by atoms with Gasteiger partial charge >= 0.3 is 12.1 Å². The second kappa shape index (κ2) is 8.00. The van der Waals surface area contributed by atoms with Crippen LogP contribution in [0, 0.1) is 0 Å². The van der Waals surface area contributed by atoms with Crippen molar-refractivity contribution in [3.05, 3.63) is 69.1 Å². The Morgan fingerprint density at radius 1 is 1.21 bits per heavy atom. The van der Waals surface area contributed by atoms with Crippen LogP contribution in [0.15, 0.2) is 41.2 Å². The van der Waals surface area contributed by atoms with Crippen molar-refractivity contribution in [1.82, 2.24) is 9.88 Å². The van der Waals surface area contributed by atoms with Gasteiger partial charge in [-0.05, 0) is 25.0 Å². The summed E-state index contributed by atoms with van der Waals surface area (Å²) in [6.07, 6.45) is -0.180. The quantitative estimate of drug-likeness (QED) is 0.708. The van der Waals surface area contributed by atoms with Crippen LogP contribution in [-0.2, 0) is 48.3 Å². The van der Waals surface area contributed by atoms with Crippen LogP contribution in [0.4, 0.5) is 4.79 Å². The van der Waals surface area contributed by atoms with Crippen LogP contribution in [0.3, 0.4) is 0 Å². The minimum atomic E-state index is -1.74. The molecule has 1 saturated heterocycles. The molecule has 9 heteroatoms. The van der Waals surface area contributed by atoms with Crippen molar-refractivity contribution in [2.75, 3.05) is 13.2 Å². The summed E-state index contributed by atoms with van der Waals surface area (Å²) < 4.78 is 24.4. The first-order chi connectivity index (χ1) is 15.9. The standard InChI is InChI=1S/C24H26N2O7/c1-3-23(33-22(29)25-15(2)16-7-5-4-6-8-16)18-13-19-24(31-11-12-32-24)9-10-26(19)20(27)17(18)14-30-21(23)28/h4-8,13,15H,3,9-12,14H2,1-2H3,(H,25,29)/t15-,23-/m1/s1. The van der Waals surface area contributed by atoms with E-state index in [0.717, 1.165) is 5.56 Å². The van der Waals surface area contributed by atoms with E-state index in [1.54, 1.807) is 17.6 Å². The summed E-state index contributed by atoms with van der Waals surface area (Å²) in [7, 11) is 0. The number of nitrogens with zero attached hydrogens (tertiary/aromatic N) is 1. The molecule has 0 saturated carbocycles. The van der Waals surface area contributed by atoms with Gasteiger partial charge in [-0.3, -0.25) is 4.79 Å². The first-order valence-corrected chi connectivity index (χ1v) is 11.2. The summed E-state index contributed by atoms with van der Waals surface area (Å²) in [4.78, 5) is 39.2. The fourth-order valence-corrected chi connectivity index (χ4v) is 4.92. The lowest BCUT2D eigenvalue weighted by Gasteiger charge is -2.36. The fourth-order valence-electron chi connectivity index (χ4n) is 4.92. The number of amides is 1. The van der Waals surface area contributed by atoms with E-state index in [-0.39, 0.29) is 24.6 Å². The van der Waals surface area contributed by atoms with E-state index in [1.807, 2.05) is 37.3 Å². The van der Waals surface area contributed by atoms with Crippen LogP contribution < -0.4 is 10.9 Å². The Balaban J connectivity index is 1.52. The molecule has 4 heterocycles. The number of hydrogen-bond acceptors (Lipinski definition) is 7. The van der Waals surface area contributed by atoms with Crippen molar-refractivity contribution >= 4 is 12.1 Å².